The summed E-state index contributed by atoms with van der Waals surface area (Å²) in [6.45, 7) is 0. The van der Waals surface area contributed by atoms with Gasteiger partial charge in [0.2, 0.25) is 0 Å². The first-order valence-corrected chi connectivity index (χ1v) is 18.0. The molecular formula is C44H24Cl4N4Rh. The van der Waals surface area contributed by atoms with E-state index >= 15 is 0 Å². The molecule has 7 aromatic rings. The Kier molecular flexibility index (Phi) is 9.72. The van der Waals surface area contributed by atoms with Crippen LogP contribution in [-0.2, 0) is 19.5 Å². The molecule has 5 heterocycles. The molecule has 9 heteroatoms. The van der Waals surface area contributed by atoms with Gasteiger partial charge in [0.1, 0.15) is 0 Å². The van der Waals surface area contributed by atoms with Crippen molar-refractivity contribution in [3.63, 3.8) is 0 Å². The van der Waals surface area contributed by atoms with Crippen LogP contribution in [0.1, 0.15) is 22.8 Å². The molecule has 53 heavy (non-hydrogen) atoms. The second-order valence-electron chi connectivity index (χ2n) is 12.4. The van der Waals surface area contributed by atoms with Gasteiger partial charge < -0.3 is 9.97 Å². The molecule has 0 N–H and O–H groups in total. The van der Waals surface area contributed by atoms with Crippen LogP contribution < -0.4 is 9.97 Å². The Morgan fingerprint density at radius 2 is 0.509 bits per heavy atom. The SMILES string of the molecule is Clc1ccc(-c2c3nc(c(-c4ccc(Cl)cc4)c4ccc([n-]4)c(-c4ccc(Cl)cc4)c4nc(c(-c5ccc(Cl)cc5)c5ccc2[n-]5)C=C4)C=C3)cc1.[Rh+2]. The van der Waals surface area contributed by atoms with Gasteiger partial charge in [0.05, 0.1) is 22.8 Å². The smallest absolute Gasteiger partial charge is 0.657 e. The Bertz CT molecular complexity index is 2370. The van der Waals surface area contributed by atoms with Crippen molar-refractivity contribution in [2.24, 2.45) is 0 Å². The quantitative estimate of drug-likeness (QED) is 0.166. The maximum absolute atomic E-state index is 6.36. The summed E-state index contributed by atoms with van der Waals surface area (Å²) >= 11 is 25.4. The maximum Gasteiger partial charge on any atom is 2.00 e. The van der Waals surface area contributed by atoms with Crippen LogP contribution in [0.4, 0.5) is 0 Å². The molecule has 0 spiro atoms. The Morgan fingerprint density at radius 1 is 0.302 bits per heavy atom. The van der Waals surface area contributed by atoms with Gasteiger partial charge in [-0.25, -0.2) is 9.97 Å². The molecule has 0 amide bonds. The van der Waals surface area contributed by atoms with Gasteiger partial charge in [-0.05, 0) is 117 Å². The average molecular weight is 853 g/mol. The molecule has 1 radical (unpaired) electrons. The van der Waals surface area contributed by atoms with E-state index in [0.29, 0.717) is 20.1 Å². The fourth-order valence-corrected chi connectivity index (χ4v) is 7.24. The maximum atomic E-state index is 6.36. The second-order valence-corrected chi connectivity index (χ2v) is 14.1. The number of rotatable bonds is 4. The van der Waals surface area contributed by atoms with Crippen molar-refractivity contribution in [3.8, 4) is 44.5 Å². The minimum absolute atomic E-state index is 0. The second kappa shape index (κ2) is 14.6. The Hall–Kier alpha value is -4.74. The number of fused-ring (bicyclic) bond motifs is 8. The van der Waals surface area contributed by atoms with Gasteiger partial charge in [-0.1, -0.05) is 119 Å². The van der Waals surface area contributed by atoms with E-state index in [1.54, 1.807) is 0 Å². The van der Waals surface area contributed by atoms with Crippen LogP contribution in [0.5, 0.6) is 0 Å². The van der Waals surface area contributed by atoms with Crippen LogP contribution >= 0.6 is 46.4 Å². The molecule has 2 aliphatic heterocycles. The van der Waals surface area contributed by atoms with Crippen molar-refractivity contribution in [2.75, 3.05) is 0 Å². The number of halogens is 4. The Labute approximate surface area is 338 Å². The van der Waals surface area contributed by atoms with Crippen molar-refractivity contribution in [3.05, 3.63) is 164 Å². The topological polar surface area (TPSA) is 54.0 Å². The zero-order valence-electron chi connectivity index (χ0n) is 27.5. The average Bonchev–Trinajstić information content (AvgIpc) is 3.99. The molecule has 8 bridgehead atoms. The predicted octanol–water partition coefficient (Wildman–Crippen LogP) is 13.2. The number of benzene rings is 4. The van der Waals surface area contributed by atoms with Gasteiger partial charge in [0, 0.05) is 20.1 Å². The first kappa shape index (κ1) is 35.3. The Morgan fingerprint density at radius 3 is 0.717 bits per heavy atom. The van der Waals surface area contributed by atoms with Gasteiger partial charge >= 0.3 is 19.5 Å². The van der Waals surface area contributed by atoms with Crippen LogP contribution in [0, 0.1) is 0 Å². The van der Waals surface area contributed by atoms with E-state index in [0.717, 1.165) is 89.4 Å². The molecule has 0 aliphatic carbocycles. The normalized spacial score (nSPS) is 11.8. The summed E-state index contributed by atoms with van der Waals surface area (Å²) in [6.07, 6.45) is 8.13. The van der Waals surface area contributed by atoms with E-state index in [1.165, 1.54) is 0 Å². The molecular weight excluding hydrogens is 829 g/mol. The minimum Gasteiger partial charge on any atom is -0.657 e. The van der Waals surface area contributed by atoms with Crippen molar-refractivity contribution in [2.45, 2.75) is 0 Å². The van der Waals surface area contributed by atoms with Gasteiger partial charge in [-0.15, -0.1) is 22.1 Å². The van der Waals surface area contributed by atoms with E-state index in [4.69, 9.17) is 66.3 Å². The third kappa shape index (κ3) is 6.81. The van der Waals surface area contributed by atoms with Crippen molar-refractivity contribution >= 4 is 92.8 Å². The zero-order chi connectivity index (χ0) is 35.3. The number of hydrogen-bond acceptors (Lipinski definition) is 2. The standard InChI is InChI=1S/C44H24Cl4N4.Rh/c45-29-9-1-25(2-10-29)41-33-17-19-35(49-33)42(26-3-11-30(46)12-4-26)37-21-23-39(51-37)44(28-7-15-32(48)16-8-28)40-24-22-38(52-40)43(36-20-18-34(41)50-36)27-5-13-31(47)14-6-27;/h1-24H;/q-2;+2. The van der Waals surface area contributed by atoms with Crippen LogP contribution in [0.15, 0.2) is 121 Å². The van der Waals surface area contributed by atoms with Crippen molar-refractivity contribution in [1.82, 2.24) is 19.9 Å². The van der Waals surface area contributed by atoms with E-state index in [1.807, 2.05) is 146 Å². The molecule has 0 fully saturated rings. The van der Waals surface area contributed by atoms with E-state index < -0.39 is 0 Å². The fourth-order valence-electron chi connectivity index (χ4n) is 6.74. The number of aromatic nitrogens is 4. The third-order valence-electron chi connectivity index (χ3n) is 9.14. The Balaban J connectivity index is 0.00000400. The first-order valence-electron chi connectivity index (χ1n) is 16.5. The summed E-state index contributed by atoms with van der Waals surface area (Å²) in [4.78, 5) is 21.1. The monoisotopic (exact) mass is 851 g/mol. The van der Waals surface area contributed by atoms with Gasteiger partial charge in [0.25, 0.3) is 0 Å². The largest absolute Gasteiger partial charge is 2.00 e. The summed E-state index contributed by atoms with van der Waals surface area (Å²) in [7, 11) is 0. The van der Waals surface area contributed by atoms with Gasteiger partial charge in [-0.3, -0.25) is 0 Å². The molecule has 0 saturated heterocycles. The summed E-state index contributed by atoms with van der Waals surface area (Å²) in [5.41, 5.74) is 13.4. The van der Waals surface area contributed by atoms with E-state index in [9.17, 15) is 0 Å². The molecule has 9 rings (SSSR count). The van der Waals surface area contributed by atoms with Gasteiger partial charge in [0.15, 0.2) is 0 Å². The van der Waals surface area contributed by atoms with Crippen LogP contribution in [0.2, 0.25) is 20.1 Å². The molecule has 257 valence electrons. The molecule has 2 aliphatic rings. The molecule has 4 nitrogen and oxygen atoms in total. The van der Waals surface area contributed by atoms with Gasteiger partial charge in [-0.2, -0.15) is 0 Å². The summed E-state index contributed by atoms with van der Waals surface area (Å²) in [6, 6.07) is 39.2. The molecule has 3 aromatic heterocycles. The van der Waals surface area contributed by atoms with Crippen molar-refractivity contribution in [1.29, 1.82) is 0 Å². The number of hydrogen-bond donors (Lipinski definition) is 0. The molecule has 0 atom stereocenters. The number of nitrogens with zero attached hydrogens (tertiary/aromatic N) is 4. The fraction of sp³-hybridized carbons (Fsp3) is 0. The predicted molar refractivity (Wildman–Crippen MR) is 219 cm³/mol. The minimum atomic E-state index is 0. The van der Waals surface area contributed by atoms with Crippen LogP contribution in [-0.4, -0.2) is 9.97 Å². The summed E-state index contributed by atoms with van der Waals surface area (Å²) in [5.74, 6) is 0. The van der Waals surface area contributed by atoms with E-state index in [2.05, 4.69) is 0 Å². The molecule has 0 saturated carbocycles. The molecule has 4 aromatic carbocycles. The third-order valence-corrected chi connectivity index (χ3v) is 10.1. The summed E-state index contributed by atoms with van der Waals surface area (Å²) in [5, 5.41) is 2.58. The first-order chi connectivity index (χ1) is 25.4. The van der Waals surface area contributed by atoms with Crippen molar-refractivity contribution < 1.29 is 19.5 Å². The zero-order valence-corrected chi connectivity index (χ0v) is 32.2. The van der Waals surface area contributed by atoms with Crippen LogP contribution in [0.3, 0.4) is 0 Å². The van der Waals surface area contributed by atoms with Crippen LogP contribution in [0.25, 0.3) is 90.9 Å². The molecule has 0 unspecified atom stereocenters. The summed E-state index contributed by atoms with van der Waals surface area (Å²) < 4.78 is 0. The van der Waals surface area contributed by atoms with E-state index in [-0.39, 0.29) is 19.5 Å².